The molecule has 1 aromatic carbocycles. The van der Waals surface area contributed by atoms with E-state index < -0.39 is 0 Å². The molecule has 1 rings (SSSR count). The van der Waals surface area contributed by atoms with Crippen molar-refractivity contribution in [3.05, 3.63) is 35.9 Å². The van der Waals surface area contributed by atoms with Crippen LogP contribution in [-0.2, 0) is 0 Å². The molecule has 1 aromatic rings. The second-order valence-electron chi connectivity index (χ2n) is 3.16. The van der Waals surface area contributed by atoms with Crippen LogP contribution in [0.15, 0.2) is 30.3 Å². The van der Waals surface area contributed by atoms with Crippen molar-refractivity contribution < 1.29 is 0 Å². The molecule has 0 heterocycles. The highest BCUT2D eigenvalue weighted by Gasteiger charge is 2.15. The first kappa shape index (κ1) is 10.7. The Bertz CT molecular complexity index is 296. The van der Waals surface area contributed by atoms with Crippen LogP contribution < -0.4 is 0 Å². The van der Waals surface area contributed by atoms with Crippen LogP contribution in [0.3, 0.4) is 0 Å². The topological polar surface area (TPSA) is 27.0 Å². The molecule has 0 unspecified atom stereocenters. The minimum Gasteiger partial charge on any atom is -0.285 e. The van der Waals surface area contributed by atoms with Gasteiger partial charge in [0.05, 0.1) is 6.07 Å². The van der Waals surface area contributed by atoms with E-state index in [0.29, 0.717) is 0 Å². The highest BCUT2D eigenvalue weighted by atomic mass is 15.1. The summed E-state index contributed by atoms with van der Waals surface area (Å²) in [7, 11) is 0. The van der Waals surface area contributed by atoms with E-state index in [-0.39, 0.29) is 6.04 Å². The smallest absolute Gasteiger partial charge is 0.123 e. The molecule has 0 aliphatic carbocycles. The largest absolute Gasteiger partial charge is 0.285 e. The quantitative estimate of drug-likeness (QED) is 0.726. The Morgan fingerprint density at radius 1 is 1.21 bits per heavy atom. The predicted molar refractivity (Wildman–Crippen MR) is 57.7 cm³/mol. The number of benzene rings is 1. The van der Waals surface area contributed by atoms with Gasteiger partial charge in [0.1, 0.15) is 6.04 Å². The van der Waals surface area contributed by atoms with E-state index in [1.165, 1.54) is 0 Å². The fourth-order valence-corrected chi connectivity index (χ4v) is 1.59. The molecule has 2 nitrogen and oxygen atoms in total. The molecule has 0 aliphatic heterocycles. The maximum Gasteiger partial charge on any atom is 0.123 e. The van der Waals surface area contributed by atoms with E-state index in [1.54, 1.807) is 0 Å². The van der Waals surface area contributed by atoms with Gasteiger partial charge in [0.2, 0.25) is 0 Å². The van der Waals surface area contributed by atoms with Crippen molar-refractivity contribution in [3.63, 3.8) is 0 Å². The first-order valence-electron chi connectivity index (χ1n) is 5.02. The molecule has 0 saturated heterocycles. The first-order valence-corrected chi connectivity index (χ1v) is 5.02. The molecule has 0 N–H and O–H groups in total. The molecule has 0 aliphatic rings. The van der Waals surface area contributed by atoms with Crippen LogP contribution in [0.5, 0.6) is 0 Å². The van der Waals surface area contributed by atoms with Crippen LogP contribution >= 0.6 is 0 Å². The molecule has 2 heteroatoms. The van der Waals surface area contributed by atoms with Gasteiger partial charge in [-0.3, -0.25) is 4.90 Å². The van der Waals surface area contributed by atoms with Crippen LogP contribution in [0.1, 0.15) is 25.5 Å². The zero-order valence-electron chi connectivity index (χ0n) is 8.77. The van der Waals surface area contributed by atoms with Gasteiger partial charge in [-0.2, -0.15) is 5.26 Å². The summed E-state index contributed by atoms with van der Waals surface area (Å²) in [5, 5.41) is 9.12. The summed E-state index contributed by atoms with van der Waals surface area (Å²) in [6, 6.07) is 12.2. The second-order valence-corrected chi connectivity index (χ2v) is 3.16. The zero-order valence-corrected chi connectivity index (χ0v) is 8.77. The maximum absolute atomic E-state index is 9.12. The fourth-order valence-electron chi connectivity index (χ4n) is 1.59. The summed E-state index contributed by atoms with van der Waals surface area (Å²) < 4.78 is 0. The van der Waals surface area contributed by atoms with Gasteiger partial charge in [0.15, 0.2) is 0 Å². The van der Waals surface area contributed by atoms with Crippen LogP contribution in [0.25, 0.3) is 0 Å². The van der Waals surface area contributed by atoms with Gasteiger partial charge in [-0.05, 0) is 18.7 Å². The third kappa shape index (κ3) is 2.34. The van der Waals surface area contributed by atoms with E-state index in [4.69, 9.17) is 5.26 Å². The van der Waals surface area contributed by atoms with E-state index in [2.05, 4.69) is 24.8 Å². The maximum atomic E-state index is 9.12. The van der Waals surface area contributed by atoms with Crippen molar-refractivity contribution in [1.82, 2.24) is 4.90 Å². The molecule has 0 amide bonds. The van der Waals surface area contributed by atoms with Crippen LogP contribution in [0, 0.1) is 11.3 Å². The molecule has 0 radical (unpaired) electrons. The molecule has 74 valence electrons. The lowest BCUT2D eigenvalue weighted by Gasteiger charge is -2.24. The Morgan fingerprint density at radius 3 is 2.21 bits per heavy atom. The Balaban J connectivity index is 2.88. The Kier molecular flexibility index (Phi) is 4.15. The SMILES string of the molecule is CCN(CC)[C@H](C#N)c1ccccc1. The van der Waals surface area contributed by atoms with Gasteiger partial charge in [0, 0.05) is 0 Å². The lowest BCUT2D eigenvalue weighted by molar-refractivity contribution is 0.262. The van der Waals surface area contributed by atoms with Gasteiger partial charge in [-0.25, -0.2) is 0 Å². The average molecular weight is 188 g/mol. The lowest BCUT2D eigenvalue weighted by atomic mass is 10.1. The predicted octanol–water partition coefficient (Wildman–Crippen LogP) is 2.59. The average Bonchev–Trinajstić information content (AvgIpc) is 2.27. The Morgan fingerprint density at radius 2 is 1.79 bits per heavy atom. The highest BCUT2D eigenvalue weighted by Crippen LogP contribution is 2.18. The van der Waals surface area contributed by atoms with Crippen LogP contribution in [0.4, 0.5) is 0 Å². The van der Waals surface area contributed by atoms with Crippen molar-refractivity contribution in [2.45, 2.75) is 19.9 Å². The standard InChI is InChI=1S/C12H16N2/c1-3-14(4-2)12(10-13)11-8-6-5-7-9-11/h5-9,12H,3-4H2,1-2H3/t12-/m1/s1. The Hall–Kier alpha value is -1.33. The number of hydrogen-bond acceptors (Lipinski definition) is 2. The molecule has 1 atom stereocenters. The molecule has 0 spiro atoms. The second kappa shape index (κ2) is 5.41. The Labute approximate surface area is 85.8 Å². The lowest BCUT2D eigenvalue weighted by Crippen LogP contribution is -2.27. The highest BCUT2D eigenvalue weighted by molar-refractivity contribution is 5.23. The summed E-state index contributed by atoms with van der Waals surface area (Å²) in [4.78, 5) is 2.15. The van der Waals surface area contributed by atoms with Gasteiger partial charge in [-0.15, -0.1) is 0 Å². The van der Waals surface area contributed by atoms with E-state index >= 15 is 0 Å². The number of nitriles is 1. The number of nitrogens with zero attached hydrogens (tertiary/aromatic N) is 2. The molecule has 0 fully saturated rings. The molecule has 14 heavy (non-hydrogen) atoms. The molecule has 0 bridgehead atoms. The van der Waals surface area contributed by atoms with Crippen LogP contribution in [0.2, 0.25) is 0 Å². The monoisotopic (exact) mass is 188 g/mol. The van der Waals surface area contributed by atoms with Gasteiger partial charge in [-0.1, -0.05) is 44.2 Å². The first-order chi connectivity index (χ1) is 6.83. The molecular formula is C12H16N2. The molecular weight excluding hydrogens is 172 g/mol. The summed E-state index contributed by atoms with van der Waals surface area (Å²) in [5.41, 5.74) is 1.08. The van der Waals surface area contributed by atoms with E-state index in [0.717, 1.165) is 18.7 Å². The number of rotatable bonds is 4. The fraction of sp³-hybridized carbons (Fsp3) is 0.417. The summed E-state index contributed by atoms with van der Waals surface area (Å²) >= 11 is 0. The summed E-state index contributed by atoms with van der Waals surface area (Å²) in [6.07, 6.45) is 0. The zero-order chi connectivity index (χ0) is 10.4. The van der Waals surface area contributed by atoms with Crippen molar-refractivity contribution >= 4 is 0 Å². The van der Waals surface area contributed by atoms with E-state index in [1.807, 2.05) is 30.3 Å². The van der Waals surface area contributed by atoms with Crippen molar-refractivity contribution in [2.75, 3.05) is 13.1 Å². The number of hydrogen-bond donors (Lipinski definition) is 0. The summed E-state index contributed by atoms with van der Waals surface area (Å²) in [6.45, 7) is 5.97. The summed E-state index contributed by atoms with van der Waals surface area (Å²) in [5.74, 6) is 0. The van der Waals surface area contributed by atoms with Gasteiger partial charge in [0.25, 0.3) is 0 Å². The third-order valence-corrected chi connectivity index (χ3v) is 2.42. The normalized spacial score (nSPS) is 12.4. The minimum atomic E-state index is -0.105. The van der Waals surface area contributed by atoms with Crippen molar-refractivity contribution in [2.24, 2.45) is 0 Å². The van der Waals surface area contributed by atoms with Crippen molar-refractivity contribution in [1.29, 1.82) is 5.26 Å². The molecule has 0 saturated carbocycles. The van der Waals surface area contributed by atoms with Crippen LogP contribution in [-0.4, -0.2) is 18.0 Å². The molecule has 0 aromatic heterocycles. The van der Waals surface area contributed by atoms with Crippen molar-refractivity contribution in [3.8, 4) is 6.07 Å². The minimum absolute atomic E-state index is 0.105. The van der Waals surface area contributed by atoms with Gasteiger partial charge >= 0.3 is 0 Å². The van der Waals surface area contributed by atoms with E-state index in [9.17, 15) is 0 Å². The third-order valence-electron chi connectivity index (χ3n) is 2.42. The van der Waals surface area contributed by atoms with Gasteiger partial charge < -0.3 is 0 Å².